The Labute approximate surface area is 184 Å². The molecule has 2 aromatic carbocycles. The summed E-state index contributed by atoms with van der Waals surface area (Å²) in [5, 5.41) is 5.92. The Morgan fingerprint density at radius 2 is 1.78 bits per heavy atom. The van der Waals surface area contributed by atoms with E-state index in [4.69, 9.17) is 0 Å². The molecule has 2 aliphatic rings. The summed E-state index contributed by atoms with van der Waals surface area (Å²) in [6, 6.07) is 14.5. The Kier molecular flexibility index (Phi) is 6.10. The van der Waals surface area contributed by atoms with Gasteiger partial charge in [-0.15, -0.1) is 0 Å². The average Bonchev–Trinajstić information content (AvgIpc) is 3.04. The van der Waals surface area contributed by atoms with E-state index < -0.39 is 23.2 Å². The molecule has 6 nitrogen and oxygen atoms in total. The van der Waals surface area contributed by atoms with Gasteiger partial charge in [0, 0.05) is 12.2 Å². The first-order valence-corrected chi connectivity index (χ1v) is 10.6. The molecule has 2 fully saturated rings. The molecule has 170 valence electrons. The van der Waals surface area contributed by atoms with Crippen molar-refractivity contribution in [2.45, 2.75) is 31.1 Å². The molecule has 1 spiro atoms. The van der Waals surface area contributed by atoms with Crippen LogP contribution in [0.3, 0.4) is 0 Å². The van der Waals surface area contributed by atoms with Crippen LogP contribution in [0.5, 0.6) is 0 Å². The number of amides is 2. The van der Waals surface area contributed by atoms with Gasteiger partial charge in [-0.2, -0.15) is 13.2 Å². The first-order valence-electron chi connectivity index (χ1n) is 10.6. The second-order valence-electron chi connectivity index (χ2n) is 8.16. The number of hydrogen-bond acceptors (Lipinski definition) is 4. The first-order chi connectivity index (χ1) is 15.3. The molecule has 4 rings (SSSR count). The molecule has 2 amide bonds. The second kappa shape index (κ2) is 8.82. The van der Waals surface area contributed by atoms with Crippen molar-refractivity contribution in [2.75, 3.05) is 31.2 Å². The lowest BCUT2D eigenvalue weighted by molar-refractivity contribution is -0.137. The third kappa shape index (κ3) is 4.43. The maximum atomic E-state index is 13.4. The molecule has 2 aliphatic heterocycles. The van der Waals surface area contributed by atoms with Gasteiger partial charge in [0.2, 0.25) is 11.8 Å². The molecule has 2 aromatic rings. The van der Waals surface area contributed by atoms with E-state index in [1.54, 1.807) is 0 Å². The molecule has 0 saturated carbocycles. The number of halogens is 3. The third-order valence-corrected chi connectivity index (χ3v) is 6.09. The standard InChI is InChI=1S/C23H25F3N4O2/c24-23(25,26)18-6-4-5-17(13-18)14-28-20(31)15-29-16-30(19-7-2-1-3-8-19)22(21(29)32)9-11-27-12-10-22/h1-8,13,27H,9-12,14-16H2,(H,28,31). The number of nitrogens with zero attached hydrogens (tertiary/aromatic N) is 2. The predicted molar refractivity (Wildman–Crippen MR) is 114 cm³/mol. The minimum absolute atomic E-state index is 0.0394. The Bertz CT molecular complexity index is 975. The summed E-state index contributed by atoms with van der Waals surface area (Å²) in [6.45, 7) is 1.54. The summed E-state index contributed by atoms with van der Waals surface area (Å²) in [4.78, 5) is 29.5. The van der Waals surface area contributed by atoms with Crippen LogP contribution in [0.1, 0.15) is 24.0 Å². The van der Waals surface area contributed by atoms with Crippen LogP contribution in [0.2, 0.25) is 0 Å². The molecule has 32 heavy (non-hydrogen) atoms. The van der Waals surface area contributed by atoms with Gasteiger partial charge in [-0.1, -0.05) is 30.3 Å². The van der Waals surface area contributed by atoms with Gasteiger partial charge >= 0.3 is 6.18 Å². The van der Waals surface area contributed by atoms with Gasteiger partial charge in [0.1, 0.15) is 12.1 Å². The molecule has 0 aromatic heterocycles. The van der Waals surface area contributed by atoms with Gasteiger partial charge in [-0.25, -0.2) is 0 Å². The Morgan fingerprint density at radius 1 is 1.06 bits per heavy atom. The Morgan fingerprint density at radius 3 is 2.47 bits per heavy atom. The van der Waals surface area contributed by atoms with E-state index in [0.29, 0.717) is 38.2 Å². The number of hydrogen-bond donors (Lipinski definition) is 2. The number of rotatable bonds is 5. The van der Waals surface area contributed by atoms with Gasteiger partial charge in [0.25, 0.3) is 0 Å². The fourth-order valence-electron chi connectivity index (χ4n) is 4.45. The lowest BCUT2D eigenvalue weighted by Crippen LogP contribution is -2.55. The van der Waals surface area contributed by atoms with Gasteiger partial charge in [-0.05, 0) is 55.8 Å². The number of carbonyl (C=O) groups is 2. The van der Waals surface area contributed by atoms with Crippen LogP contribution in [-0.2, 0) is 22.3 Å². The molecule has 0 radical (unpaired) electrons. The normalized spacial score (nSPS) is 18.3. The number of anilines is 1. The Balaban J connectivity index is 1.44. The average molecular weight is 446 g/mol. The van der Waals surface area contributed by atoms with E-state index >= 15 is 0 Å². The summed E-state index contributed by atoms with van der Waals surface area (Å²) in [7, 11) is 0. The quantitative estimate of drug-likeness (QED) is 0.742. The second-order valence-corrected chi connectivity index (χ2v) is 8.16. The minimum atomic E-state index is -4.44. The van der Waals surface area contributed by atoms with E-state index in [0.717, 1.165) is 17.8 Å². The largest absolute Gasteiger partial charge is 0.416 e. The van der Waals surface area contributed by atoms with Crippen LogP contribution in [0.4, 0.5) is 18.9 Å². The monoisotopic (exact) mass is 446 g/mol. The van der Waals surface area contributed by atoms with Crippen molar-refractivity contribution in [3.05, 3.63) is 65.7 Å². The van der Waals surface area contributed by atoms with Crippen molar-refractivity contribution in [2.24, 2.45) is 0 Å². The van der Waals surface area contributed by atoms with Crippen molar-refractivity contribution in [3.63, 3.8) is 0 Å². The van der Waals surface area contributed by atoms with Crippen molar-refractivity contribution in [3.8, 4) is 0 Å². The molecule has 2 saturated heterocycles. The topological polar surface area (TPSA) is 64.7 Å². The number of nitrogens with one attached hydrogen (secondary N) is 2. The van der Waals surface area contributed by atoms with Crippen LogP contribution < -0.4 is 15.5 Å². The van der Waals surface area contributed by atoms with Crippen molar-refractivity contribution >= 4 is 17.5 Å². The molecular formula is C23H25F3N4O2. The summed E-state index contributed by atoms with van der Waals surface area (Å²) in [5.74, 6) is -0.494. The molecule has 9 heteroatoms. The molecular weight excluding hydrogens is 421 g/mol. The van der Waals surface area contributed by atoms with E-state index in [-0.39, 0.29) is 19.0 Å². The third-order valence-electron chi connectivity index (χ3n) is 6.09. The van der Waals surface area contributed by atoms with Crippen LogP contribution in [0.15, 0.2) is 54.6 Å². The molecule has 0 aliphatic carbocycles. The van der Waals surface area contributed by atoms with E-state index in [1.807, 2.05) is 30.3 Å². The zero-order valence-corrected chi connectivity index (χ0v) is 17.5. The van der Waals surface area contributed by atoms with Gasteiger partial charge in [-0.3, -0.25) is 9.59 Å². The van der Waals surface area contributed by atoms with Gasteiger partial charge in [0.15, 0.2) is 0 Å². The summed E-state index contributed by atoms with van der Waals surface area (Å²) >= 11 is 0. The lowest BCUT2D eigenvalue weighted by atomic mass is 9.86. The van der Waals surface area contributed by atoms with E-state index in [1.165, 1.54) is 17.0 Å². The van der Waals surface area contributed by atoms with Crippen molar-refractivity contribution in [1.82, 2.24) is 15.5 Å². The van der Waals surface area contributed by atoms with E-state index in [2.05, 4.69) is 15.5 Å². The fraction of sp³-hybridized carbons (Fsp3) is 0.391. The van der Waals surface area contributed by atoms with Gasteiger partial charge < -0.3 is 20.4 Å². The number of alkyl halides is 3. The Hall–Kier alpha value is -3.07. The fourth-order valence-corrected chi connectivity index (χ4v) is 4.45. The highest BCUT2D eigenvalue weighted by molar-refractivity contribution is 5.96. The van der Waals surface area contributed by atoms with Crippen LogP contribution in [0.25, 0.3) is 0 Å². The molecule has 0 bridgehead atoms. The maximum Gasteiger partial charge on any atom is 0.416 e. The first kappa shape index (κ1) is 22.1. The highest BCUT2D eigenvalue weighted by Gasteiger charge is 2.53. The SMILES string of the molecule is O=C(CN1CN(c2ccccc2)C2(CCNCC2)C1=O)NCc1cccc(C(F)(F)F)c1. The summed E-state index contributed by atoms with van der Waals surface area (Å²) in [6.07, 6.45) is -3.15. The highest BCUT2D eigenvalue weighted by Crippen LogP contribution is 2.38. The van der Waals surface area contributed by atoms with Crippen molar-refractivity contribution < 1.29 is 22.8 Å². The maximum absolute atomic E-state index is 13.4. The summed E-state index contributed by atoms with van der Waals surface area (Å²) in [5.41, 5.74) is -0.171. The van der Waals surface area contributed by atoms with Crippen LogP contribution >= 0.6 is 0 Å². The van der Waals surface area contributed by atoms with E-state index in [9.17, 15) is 22.8 Å². The predicted octanol–water partition coefficient (Wildman–Crippen LogP) is 2.75. The number of carbonyl (C=O) groups excluding carboxylic acids is 2. The molecule has 0 unspecified atom stereocenters. The lowest BCUT2D eigenvalue weighted by Gasteiger charge is -2.40. The summed E-state index contributed by atoms with van der Waals surface area (Å²) < 4.78 is 38.7. The van der Waals surface area contributed by atoms with Crippen LogP contribution in [0, 0.1) is 0 Å². The minimum Gasteiger partial charge on any atom is -0.350 e. The number of para-hydroxylation sites is 1. The number of piperidine rings is 1. The zero-order chi connectivity index (χ0) is 22.8. The molecule has 2 heterocycles. The van der Waals surface area contributed by atoms with Gasteiger partial charge in [0.05, 0.1) is 12.2 Å². The van der Waals surface area contributed by atoms with Crippen LogP contribution in [-0.4, -0.2) is 48.6 Å². The molecule has 0 atom stereocenters. The smallest absolute Gasteiger partial charge is 0.350 e. The molecule has 2 N–H and O–H groups in total. The zero-order valence-electron chi connectivity index (χ0n) is 17.5. The van der Waals surface area contributed by atoms with Crippen molar-refractivity contribution in [1.29, 1.82) is 0 Å². The number of benzene rings is 2. The highest BCUT2D eigenvalue weighted by atomic mass is 19.4.